The van der Waals surface area contributed by atoms with Gasteiger partial charge in [0.1, 0.15) is 12.6 Å². The summed E-state index contributed by atoms with van der Waals surface area (Å²) >= 11 is 0. The minimum atomic E-state index is -4.48. The first-order chi connectivity index (χ1) is 9.28. The number of aromatic nitrogens is 2. The van der Waals surface area contributed by atoms with Crippen LogP contribution >= 0.6 is 0 Å². The van der Waals surface area contributed by atoms with E-state index in [1.807, 2.05) is 0 Å². The Morgan fingerprint density at radius 3 is 2.70 bits per heavy atom. The minimum absolute atomic E-state index is 0.285. The molecule has 1 atom stereocenters. The first-order valence-corrected chi connectivity index (χ1v) is 6.22. The van der Waals surface area contributed by atoms with E-state index in [9.17, 15) is 22.8 Å². The minimum Gasteiger partial charge on any atom is -0.345 e. The lowest BCUT2D eigenvalue weighted by atomic mass is 10.2. The smallest absolute Gasteiger partial charge is 0.345 e. The second-order valence-electron chi connectivity index (χ2n) is 4.82. The first kappa shape index (κ1) is 14.5. The molecule has 1 amide bonds. The Balaban J connectivity index is 2.11. The van der Waals surface area contributed by atoms with Gasteiger partial charge in [-0.2, -0.15) is 18.3 Å². The third kappa shape index (κ3) is 3.58. The number of halogens is 3. The van der Waals surface area contributed by atoms with Crippen LogP contribution in [0.25, 0.3) is 0 Å². The van der Waals surface area contributed by atoms with Crippen molar-refractivity contribution in [3.63, 3.8) is 0 Å². The van der Waals surface area contributed by atoms with Crippen LogP contribution in [0, 0.1) is 0 Å². The van der Waals surface area contributed by atoms with Gasteiger partial charge in [-0.25, -0.2) is 4.68 Å². The molecule has 1 N–H and O–H groups in total. The Morgan fingerprint density at radius 2 is 2.15 bits per heavy atom. The molecular formula is C12H14F3N3O2. The molecule has 110 valence electrons. The fraction of sp³-hybridized carbons (Fsp3) is 0.583. The van der Waals surface area contributed by atoms with E-state index in [0.29, 0.717) is 5.69 Å². The average molecular weight is 289 g/mol. The molecule has 0 radical (unpaired) electrons. The van der Waals surface area contributed by atoms with Gasteiger partial charge in [-0.15, -0.1) is 0 Å². The van der Waals surface area contributed by atoms with E-state index in [4.69, 9.17) is 0 Å². The molecule has 1 fully saturated rings. The molecule has 8 heteroatoms. The summed E-state index contributed by atoms with van der Waals surface area (Å²) in [5.74, 6) is -0.600. The summed E-state index contributed by atoms with van der Waals surface area (Å²) in [7, 11) is 0. The van der Waals surface area contributed by atoms with Crippen molar-refractivity contribution in [1.82, 2.24) is 15.1 Å². The van der Waals surface area contributed by atoms with Gasteiger partial charge in [-0.1, -0.05) is 0 Å². The van der Waals surface area contributed by atoms with Crippen molar-refractivity contribution < 1.29 is 18.0 Å². The van der Waals surface area contributed by atoms with Crippen LogP contribution in [0.3, 0.4) is 0 Å². The van der Waals surface area contributed by atoms with Crippen LogP contribution in [-0.2, 0) is 4.79 Å². The molecule has 1 saturated carbocycles. The highest BCUT2D eigenvalue weighted by molar-refractivity contribution is 5.79. The normalized spacial score (nSPS) is 16.8. The van der Waals surface area contributed by atoms with Gasteiger partial charge < -0.3 is 5.32 Å². The number of hydrogen-bond donors (Lipinski definition) is 1. The van der Waals surface area contributed by atoms with Gasteiger partial charge in [-0.3, -0.25) is 9.59 Å². The van der Waals surface area contributed by atoms with Crippen LogP contribution in [0.15, 0.2) is 16.9 Å². The summed E-state index contributed by atoms with van der Waals surface area (Å²) in [5.41, 5.74) is 0.184. The second-order valence-corrected chi connectivity index (χ2v) is 4.82. The zero-order valence-corrected chi connectivity index (χ0v) is 10.8. The quantitative estimate of drug-likeness (QED) is 0.910. The van der Waals surface area contributed by atoms with Crippen LogP contribution in [0.5, 0.6) is 0 Å². The molecule has 1 aliphatic carbocycles. The Bertz CT molecular complexity index is 564. The molecule has 0 saturated heterocycles. The summed E-state index contributed by atoms with van der Waals surface area (Å²) in [6.07, 6.45) is -2.54. The zero-order chi connectivity index (χ0) is 14.9. The standard InChI is InChI=1S/C12H14F3N3O2/c1-7(11(20)16-6-12(13,14)15)18-10(19)5-4-9(17-18)8-2-3-8/h4-5,7-8H,2-3,6H2,1H3,(H,16,20)/t7-/m0/s1. The van der Waals surface area contributed by atoms with Gasteiger partial charge in [0.15, 0.2) is 0 Å². The molecule has 2 rings (SSSR count). The summed E-state index contributed by atoms with van der Waals surface area (Å²) in [6.45, 7) is -0.0793. The molecule has 0 unspecified atom stereocenters. The highest BCUT2D eigenvalue weighted by atomic mass is 19.4. The number of nitrogens with one attached hydrogen (secondary N) is 1. The third-order valence-electron chi connectivity index (χ3n) is 3.05. The van der Waals surface area contributed by atoms with E-state index < -0.39 is 30.2 Å². The van der Waals surface area contributed by atoms with Crippen LogP contribution in [0.4, 0.5) is 13.2 Å². The van der Waals surface area contributed by atoms with Crippen LogP contribution in [-0.4, -0.2) is 28.4 Å². The average Bonchev–Trinajstić information content (AvgIpc) is 3.19. The number of carbonyl (C=O) groups is 1. The topological polar surface area (TPSA) is 64.0 Å². The number of carbonyl (C=O) groups excluding carboxylic acids is 1. The lowest BCUT2D eigenvalue weighted by Crippen LogP contribution is -2.41. The first-order valence-electron chi connectivity index (χ1n) is 6.22. The maximum absolute atomic E-state index is 12.0. The van der Waals surface area contributed by atoms with E-state index in [-0.39, 0.29) is 5.92 Å². The van der Waals surface area contributed by atoms with Crippen molar-refractivity contribution in [2.24, 2.45) is 0 Å². The lowest BCUT2D eigenvalue weighted by Gasteiger charge is -2.15. The lowest BCUT2D eigenvalue weighted by molar-refractivity contribution is -0.140. The maximum Gasteiger partial charge on any atom is 0.405 e. The van der Waals surface area contributed by atoms with Crippen molar-refractivity contribution in [2.45, 2.75) is 37.9 Å². The molecule has 0 spiro atoms. The van der Waals surface area contributed by atoms with Gasteiger partial charge in [0.05, 0.1) is 5.69 Å². The molecule has 5 nitrogen and oxygen atoms in total. The summed E-state index contributed by atoms with van der Waals surface area (Å²) in [4.78, 5) is 23.3. The zero-order valence-electron chi connectivity index (χ0n) is 10.8. The fourth-order valence-corrected chi connectivity index (χ4v) is 1.76. The molecule has 0 bridgehead atoms. The number of rotatable bonds is 4. The predicted octanol–water partition coefficient (Wildman–Crippen LogP) is 1.36. The Morgan fingerprint density at radius 1 is 1.50 bits per heavy atom. The molecule has 0 aliphatic heterocycles. The maximum atomic E-state index is 12.0. The van der Waals surface area contributed by atoms with Crippen molar-refractivity contribution in [3.8, 4) is 0 Å². The third-order valence-corrected chi connectivity index (χ3v) is 3.05. The Labute approximate surface area is 112 Å². The number of nitrogens with zero attached hydrogens (tertiary/aromatic N) is 2. The molecule has 1 aliphatic rings. The van der Waals surface area contributed by atoms with Gasteiger partial charge in [0.25, 0.3) is 5.56 Å². The van der Waals surface area contributed by atoms with Crippen LogP contribution < -0.4 is 10.9 Å². The molecule has 20 heavy (non-hydrogen) atoms. The molecule has 1 aromatic rings. The van der Waals surface area contributed by atoms with Gasteiger partial charge in [0.2, 0.25) is 5.91 Å². The van der Waals surface area contributed by atoms with E-state index in [1.165, 1.54) is 13.0 Å². The molecular weight excluding hydrogens is 275 g/mol. The number of hydrogen-bond acceptors (Lipinski definition) is 3. The largest absolute Gasteiger partial charge is 0.405 e. The number of alkyl halides is 3. The second kappa shape index (κ2) is 5.26. The highest BCUT2D eigenvalue weighted by Crippen LogP contribution is 2.38. The SMILES string of the molecule is C[C@@H](C(=O)NCC(F)(F)F)n1nc(C2CC2)ccc1=O. The van der Waals surface area contributed by atoms with E-state index in [0.717, 1.165) is 17.5 Å². The van der Waals surface area contributed by atoms with Crippen molar-refractivity contribution in [1.29, 1.82) is 0 Å². The van der Waals surface area contributed by atoms with Crippen LogP contribution in [0.1, 0.15) is 37.4 Å². The summed E-state index contributed by atoms with van der Waals surface area (Å²) < 4.78 is 37.1. The van der Waals surface area contributed by atoms with E-state index in [2.05, 4.69) is 5.10 Å². The monoisotopic (exact) mass is 289 g/mol. The van der Waals surface area contributed by atoms with Gasteiger partial charge in [0, 0.05) is 12.0 Å². The summed E-state index contributed by atoms with van der Waals surface area (Å²) in [6, 6.07) is 1.80. The van der Waals surface area contributed by atoms with E-state index in [1.54, 1.807) is 11.4 Å². The van der Waals surface area contributed by atoms with Crippen LogP contribution in [0.2, 0.25) is 0 Å². The van der Waals surface area contributed by atoms with E-state index >= 15 is 0 Å². The van der Waals surface area contributed by atoms with Crippen molar-refractivity contribution in [2.75, 3.05) is 6.54 Å². The Kier molecular flexibility index (Phi) is 3.82. The van der Waals surface area contributed by atoms with Crippen molar-refractivity contribution in [3.05, 3.63) is 28.2 Å². The van der Waals surface area contributed by atoms with Gasteiger partial charge in [-0.05, 0) is 25.8 Å². The highest BCUT2D eigenvalue weighted by Gasteiger charge is 2.30. The molecule has 0 aromatic carbocycles. The predicted molar refractivity (Wildman–Crippen MR) is 64.2 cm³/mol. The summed E-state index contributed by atoms with van der Waals surface area (Å²) in [5, 5.41) is 5.81. The van der Waals surface area contributed by atoms with Gasteiger partial charge >= 0.3 is 6.18 Å². The van der Waals surface area contributed by atoms with Crippen molar-refractivity contribution >= 4 is 5.91 Å². The number of amides is 1. The fourth-order valence-electron chi connectivity index (χ4n) is 1.76. The molecule has 1 heterocycles. The Hall–Kier alpha value is -1.86. The molecule has 1 aromatic heterocycles.